The molecule has 0 spiro atoms. The number of hydrogen-bond acceptors (Lipinski definition) is 2. The summed E-state index contributed by atoms with van der Waals surface area (Å²) in [5, 5.41) is 2.36. The van der Waals surface area contributed by atoms with Gasteiger partial charge < -0.3 is 4.74 Å². The molecule has 2 nitrogen and oxygen atoms in total. The number of rotatable bonds is 3. The molecule has 90 valence electrons. The molecule has 0 heterocycles. The third-order valence-electron chi connectivity index (χ3n) is 3.17. The normalized spacial score (nSPS) is 12.6. The van der Waals surface area contributed by atoms with E-state index in [4.69, 9.17) is 4.74 Å². The van der Waals surface area contributed by atoms with Crippen LogP contribution in [-0.2, 0) is 9.53 Å². The number of benzene rings is 2. The van der Waals surface area contributed by atoms with E-state index in [1.165, 1.54) is 10.8 Å². The number of hydrogen-bond donors (Lipinski definition) is 0. The Morgan fingerprint density at radius 1 is 1.17 bits per heavy atom. The van der Waals surface area contributed by atoms with Crippen molar-refractivity contribution < 1.29 is 9.53 Å². The van der Waals surface area contributed by atoms with Gasteiger partial charge in [-0.15, -0.1) is 0 Å². The van der Waals surface area contributed by atoms with Gasteiger partial charge in [0.2, 0.25) is 0 Å². The van der Waals surface area contributed by atoms with Crippen molar-refractivity contribution in [2.24, 2.45) is 0 Å². The van der Waals surface area contributed by atoms with Crippen molar-refractivity contribution in [3.05, 3.63) is 47.5 Å². The Bertz CT molecular complexity index is 648. The molecule has 0 atom stereocenters. The molecule has 2 aromatic carbocycles. The highest BCUT2D eigenvalue weighted by atomic mass is 16.5. The lowest BCUT2D eigenvalue weighted by atomic mass is 10.0. The van der Waals surface area contributed by atoms with Gasteiger partial charge in [-0.1, -0.05) is 43.3 Å². The molecule has 0 saturated carbocycles. The Balaban J connectivity index is 2.02. The van der Waals surface area contributed by atoms with Crippen LogP contribution in [0, 0.1) is 0 Å². The predicted octanol–water partition coefficient (Wildman–Crippen LogP) is 3.99. The fourth-order valence-electron chi connectivity index (χ4n) is 2.38. The molecular weight excluding hydrogens is 224 g/mol. The maximum atomic E-state index is 11.6. The summed E-state index contributed by atoms with van der Waals surface area (Å²) >= 11 is 0. The summed E-state index contributed by atoms with van der Waals surface area (Å²) in [4.78, 5) is 11.6. The summed E-state index contributed by atoms with van der Waals surface area (Å²) in [6.07, 6.45) is 3.22. The fourth-order valence-corrected chi connectivity index (χ4v) is 2.38. The highest BCUT2D eigenvalue weighted by molar-refractivity contribution is 6.08. The van der Waals surface area contributed by atoms with Crippen molar-refractivity contribution in [1.29, 1.82) is 0 Å². The SMILES string of the molecule is CCCC(=O)OC1=Cc2cccc3cccc1c23. The average molecular weight is 238 g/mol. The van der Waals surface area contributed by atoms with Crippen LogP contribution in [0.25, 0.3) is 22.6 Å². The van der Waals surface area contributed by atoms with Gasteiger partial charge in [-0.2, -0.15) is 0 Å². The van der Waals surface area contributed by atoms with Crippen LogP contribution < -0.4 is 0 Å². The maximum Gasteiger partial charge on any atom is 0.311 e. The topological polar surface area (TPSA) is 26.3 Å². The molecule has 2 heteroatoms. The van der Waals surface area contributed by atoms with Gasteiger partial charge in [0, 0.05) is 12.0 Å². The molecule has 18 heavy (non-hydrogen) atoms. The zero-order valence-electron chi connectivity index (χ0n) is 10.3. The minimum Gasteiger partial charge on any atom is -0.426 e. The Kier molecular flexibility index (Phi) is 2.63. The van der Waals surface area contributed by atoms with Crippen LogP contribution in [0.15, 0.2) is 36.4 Å². The Hall–Kier alpha value is -2.09. The monoisotopic (exact) mass is 238 g/mol. The third-order valence-corrected chi connectivity index (χ3v) is 3.17. The molecule has 0 bridgehead atoms. The Morgan fingerprint density at radius 3 is 2.72 bits per heavy atom. The molecule has 0 aliphatic heterocycles. The first-order valence-corrected chi connectivity index (χ1v) is 6.24. The van der Waals surface area contributed by atoms with Gasteiger partial charge in [-0.25, -0.2) is 0 Å². The van der Waals surface area contributed by atoms with Crippen molar-refractivity contribution >= 4 is 28.6 Å². The van der Waals surface area contributed by atoms with Crippen molar-refractivity contribution in [3.63, 3.8) is 0 Å². The summed E-state index contributed by atoms with van der Waals surface area (Å²) in [6, 6.07) is 12.2. The lowest BCUT2D eigenvalue weighted by Gasteiger charge is -2.06. The van der Waals surface area contributed by atoms with Crippen LogP contribution >= 0.6 is 0 Å². The zero-order chi connectivity index (χ0) is 12.5. The van der Waals surface area contributed by atoms with Gasteiger partial charge in [0.15, 0.2) is 0 Å². The lowest BCUT2D eigenvalue weighted by Crippen LogP contribution is -2.01. The molecule has 0 fully saturated rings. The highest BCUT2D eigenvalue weighted by Gasteiger charge is 2.19. The molecule has 1 aliphatic rings. The average Bonchev–Trinajstić information content (AvgIpc) is 2.71. The van der Waals surface area contributed by atoms with E-state index < -0.39 is 0 Å². The standard InChI is InChI=1S/C16H14O2/c1-2-5-15(17)18-14-10-12-8-3-6-11-7-4-9-13(14)16(11)12/h3-4,6-10H,2,5H2,1H3. The van der Waals surface area contributed by atoms with E-state index in [-0.39, 0.29) is 5.97 Å². The van der Waals surface area contributed by atoms with Gasteiger partial charge in [0.25, 0.3) is 0 Å². The van der Waals surface area contributed by atoms with Gasteiger partial charge in [-0.3, -0.25) is 4.79 Å². The van der Waals surface area contributed by atoms with Crippen LogP contribution in [0.4, 0.5) is 0 Å². The van der Waals surface area contributed by atoms with E-state index >= 15 is 0 Å². The summed E-state index contributed by atoms with van der Waals surface area (Å²) < 4.78 is 5.45. The number of carbonyl (C=O) groups is 1. The number of carbonyl (C=O) groups excluding carboxylic acids is 1. The molecule has 0 N–H and O–H groups in total. The van der Waals surface area contributed by atoms with Crippen LogP contribution in [0.2, 0.25) is 0 Å². The number of ether oxygens (including phenoxy) is 1. The van der Waals surface area contributed by atoms with Crippen molar-refractivity contribution in [2.75, 3.05) is 0 Å². The molecule has 0 amide bonds. The van der Waals surface area contributed by atoms with Gasteiger partial charge in [0.05, 0.1) is 0 Å². The second-order valence-corrected chi connectivity index (χ2v) is 4.48. The Labute approximate surface area is 106 Å². The first kappa shape index (κ1) is 11.0. The van der Waals surface area contributed by atoms with Crippen LogP contribution in [0.5, 0.6) is 0 Å². The largest absolute Gasteiger partial charge is 0.426 e. The highest BCUT2D eigenvalue weighted by Crippen LogP contribution is 2.36. The fraction of sp³-hybridized carbons (Fsp3) is 0.188. The second-order valence-electron chi connectivity index (χ2n) is 4.48. The molecule has 2 aromatic rings. The van der Waals surface area contributed by atoms with Crippen LogP contribution in [0.3, 0.4) is 0 Å². The zero-order valence-corrected chi connectivity index (χ0v) is 10.3. The first-order valence-electron chi connectivity index (χ1n) is 6.24. The summed E-state index contributed by atoms with van der Waals surface area (Å²) in [6.45, 7) is 1.97. The molecule has 0 radical (unpaired) electrons. The van der Waals surface area contributed by atoms with Gasteiger partial charge >= 0.3 is 5.97 Å². The van der Waals surface area contributed by atoms with E-state index in [0.717, 1.165) is 17.5 Å². The molecule has 3 rings (SSSR count). The molecule has 0 saturated heterocycles. The van der Waals surface area contributed by atoms with E-state index in [2.05, 4.69) is 12.1 Å². The minimum absolute atomic E-state index is 0.159. The molecule has 0 aromatic heterocycles. The van der Waals surface area contributed by atoms with Crippen molar-refractivity contribution in [2.45, 2.75) is 19.8 Å². The first-order chi connectivity index (χ1) is 8.79. The predicted molar refractivity (Wildman–Crippen MR) is 72.8 cm³/mol. The van der Waals surface area contributed by atoms with E-state index in [1.54, 1.807) is 0 Å². The lowest BCUT2D eigenvalue weighted by molar-refractivity contribution is -0.136. The van der Waals surface area contributed by atoms with Crippen molar-refractivity contribution in [1.82, 2.24) is 0 Å². The second kappa shape index (κ2) is 4.30. The summed E-state index contributed by atoms with van der Waals surface area (Å²) in [5.41, 5.74) is 2.15. The molecule has 0 unspecified atom stereocenters. The van der Waals surface area contributed by atoms with Gasteiger partial charge in [0.1, 0.15) is 5.76 Å². The maximum absolute atomic E-state index is 11.6. The molecule has 1 aliphatic carbocycles. The quantitative estimate of drug-likeness (QED) is 0.755. The van der Waals surface area contributed by atoms with Crippen molar-refractivity contribution in [3.8, 4) is 0 Å². The number of esters is 1. The van der Waals surface area contributed by atoms with Crippen LogP contribution in [0.1, 0.15) is 30.9 Å². The van der Waals surface area contributed by atoms with E-state index in [9.17, 15) is 4.79 Å². The third kappa shape index (κ3) is 1.70. The van der Waals surface area contributed by atoms with Gasteiger partial charge in [-0.05, 0) is 28.8 Å². The van der Waals surface area contributed by atoms with Crippen LogP contribution in [-0.4, -0.2) is 5.97 Å². The van der Waals surface area contributed by atoms with E-state index in [0.29, 0.717) is 12.2 Å². The Morgan fingerprint density at radius 2 is 1.94 bits per heavy atom. The summed E-state index contributed by atoms with van der Waals surface area (Å²) in [7, 11) is 0. The minimum atomic E-state index is -0.159. The summed E-state index contributed by atoms with van der Waals surface area (Å²) in [5.74, 6) is 0.522. The smallest absolute Gasteiger partial charge is 0.311 e. The van der Waals surface area contributed by atoms with E-state index in [1.807, 2.05) is 37.3 Å². The molecular formula is C16H14O2.